The molecule has 2 amide bonds. The Hall–Kier alpha value is -2.16. The predicted octanol–water partition coefficient (Wildman–Crippen LogP) is 2.41. The molecule has 1 saturated carbocycles. The Balaban J connectivity index is 1.17. The van der Waals surface area contributed by atoms with Gasteiger partial charge in [-0.15, -0.1) is 0 Å². The number of nitrogens with one attached hydrogen (secondary N) is 2. The van der Waals surface area contributed by atoms with Crippen molar-refractivity contribution in [3.05, 3.63) is 23.8 Å². The Labute approximate surface area is 201 Å². The number of aliphatic hydroxyl groups is 1. The van der Waals surface area contributed by atoms with E-state index in [1.165, 1.54) is 19.3 Å². The number of likely N-dealkylation sites (tertiary alicyclic amines) is 1. The third-order valence-electron chi connectivity index (χ3n) is 7.57. The maximum Gasteiger partial charge on any atom is 0.224 e. The van der Waals surface area contributed by atoms with Crippen LogP contribution in [0.2, 0.25) is 0 Å². The highest BCUT2D eigenvalue weighted by Gasteiger charge is 2.46. The average molecular weight is 472 g/mol. The number of nitrogens with zero attached hydrogens (tertiary/aromatic N) is 1. The Bertz CT molecular complexity index is 883. The number of piperidine rings is 1. The van der Waals surface area contributed by atoms with Gasteiger partial charge in [0.1, 0.15) is 18.0 Å². The number of carbonyl (C=O) groups is 2. The number of hydrogen-bond acceptors (Lipinski definition) is 6. The van der Waals surface area contributed by atoms with E-state index in [2.05, 4.69) is 15.5 Å². The Morgan fingerprint density at radius 2 is 1.91 bits per heavy atom. The molecule has 3 aliphatic heterocycles. The Morgan fingerprint density at radius 1 is 1.09 bits per heavy atom. The lowest BCUT2D eigenvalue weighted by Gasteiger charge is -2.37. The van der Waals surface area contributed by atoms with E-state index in [1.807, 2.05) is 18.2 Å². The lowest BCUT2D eigenvalue weighted by molar-refractivity contribution is -0.142. The number of amides is 2. The zero-order valence-electron chi connectivity index (χ0n) is 19.8. The van der Waals surface area contributed by atoms with Crippen molar-refractivity contribution in [1.29, 1.82) is 0 Å². The van der Waals surface area contributed by atoms with Crippen LogP contribution in [0.5, 0.6) is 5.75 Å². The molecule has 2 saturated heterocycles. The summed E-state index contributed by atoms with van der Waals surface area (Å²) in [6, 6.07) is 5.74. The first-order valence-corrected chi connectivity index (χ1v) is 12.9. The van der Waals surface area contributed by atoms with Crippen LogP contribution < -0.4 is 15.4 Å². The summed E-state index contributed by atoms with van der Waals surface area (Å²) in [4.78, 5) is 27.3. The summed E-state index contributed by atoms with van der Waals surface area (Å²) >= 11 is 0. The summed E-state index contributed by atoms with van der Waals surface area (Å²) in [6.45, 7) is 3.61. The number of carbonyl (C=O) groups excluding carboxylic acids is 2. The van der Waals surface area contributed by atoms with E-state index in [4.69, 9.17) is 9.47 Å². The van der Waals surface area contributed by atoms with Gasteiger partial charge < -0.3 is 30.1 Å². The minimum absolute atomic E-state index is 0.0163. The fourth-order valence-electron chi connectivity index (χ4n) is 5.58. The molecule has 3 N–H and O–H groups in total. The highest BCUT2D eigenvalue weighted by molar-refractivity contribution is 5.91. The summed E-state index contributed by atoms with van der Waals surface area (Å²) in [7, 11) is 0. The monoisotopic (exact) mass is 471 g/mol. The van der Waals surface area contributed by atoms with Crippen molar-refractivity contribution in [1.82, 2.24) is 10.2 Å². The molecule has 0 radical (unpaired) electrons. The van der Waals surface area contributed by atoms with Crippen molar-refractivity contribution in [3.8, 4) is 5.75 Å². The molecule has 186 valence electrons. The molecule has 0 spiro atoms. The number of rotatable bonds is 9. The topological polar surface area (TPSA) is 100 Å². The molecule has 1 aromatic rings. The maximum absolute atomic E-state index is 12.6. The first-order valence-electron chi connectivity index (χ1n) is 12.9. The summed E-state index contributed by atoms with van der Waals surface area (Å²) < 4.78 is 12.2. The SMILES string of the molecule is O=C(C[C@H]1C[C@@H]2c3cc(NC(=O)CC4CC4)ccc3O[C@@H]2[C@@H](CO)O1)NCCN1CCCCC1. The van der Waals surface area contributed by atoms with E-state index in [0.29, 0.717) is 25.3 Å². The zero-order valence-corrected chi connectivity index (χ0v) is 19.8. The lowest BCUT2D eigenvalue weighted by Crippen LogP contribution is -2.47. The quantitative estimate of drug-likeness (QED) is 0.512. The standard InChI is InChI=1S/C26H37N3O5/c30-16-23-26-21(14-19(33-23)15-24(31)27-8-11-29-9-2-1-3-10-29)20-13-18(6-7-22(20)34-26)28-25(32)12-17-4-5-17/h6-7,13,17,19,21,23,26,30H,1-5,8-12,14-16H2,(H,27,31)(H,28,32)/t19-,21-,23-,26+/m1/s1. The molecular formula is C26H37N3O5. The van der Waals surface area contributed by atoms with Crippen LogP contribution in [0.4, 0.5) is 5.69 Å². The van der Waals surface area contributed by atoms with Crippen LogP contribution in [0, 0.1) is 5.92 Å². The van der Waals surface area contributed by atoms with Gasteiger partial charge in [0.05, 0.1) is 19.1 Å². The molecule has 4 aliphatic rings. The maximum atomic E-state index is 12.6. The summed E-state index contributed by atoms with van der Waals surface area (Å²) in [5, 5.41) is 16.0. The van der Waals surface area contributed by atoms with E-state index in [0.717, 1.165) is 49.5 Å². The molecule has 0 unspecified atom stereocenters. The van der Waals surface area contributed by atoms with Crippen LogP contribution in [0.25, 0.3) is 0 Å². The molecule has 8 nitrogen and oxygen atoms in total. The van der Waals surface area contributed by atoms with Crippen molar-refractivity contribution < 1.29 is 24.2 Å². The molecule has 1 aromatic carbocycles. The van der Waals surface area contributed by atoms with Crippen molar-refractivity contribution >= 4 is 17.5 Å². The smallest absolute Gasteiger partial charge is 0.224 e. The third-order valence-corrected chi connectivity index (χ3v) is 7.57. The van der Waals surface area contributed by atoms with E-state index >= 15 is 0 Å². The number of anilines is 1. The third kappa shape index (κ3) is 5.73. The van der Waals surface area contributed by atoms with Gasteiger partial charge in [-0.2, -0.15) is 0 Å². The van der Waals surface area contributed by atoms with Gasteiger partial charge in [-0.25, -0.2) is 0 Å². The second-order valence-corrected chi connectivity index (χ2v) is 10.3. The normalized spacial score (nSPS) is 28.5. The summed E-state index contributed by atoms with van der Waals surface area (Å²) in [6.07, 6.45) is 6.52. The van der Waals surface area contributed by atoms with Gasteiger partial charge in [-0.3, -0.25) is 9.59 Å². The Morgan fingerprint density at radius 3 is 2.68 bits per heavy atom. The molecule has 0 aromatic heterocycles. The van der Waals surface area contributed by atoms with Gasteiger partial charge in [0.25, 0.3) is 0 Å². The van der Waals surface area contributed by atoms with Crippen LogP contribution in [0.3, 0.4) is 0 Å². The molecule has 0 bridgehead atoms. The van der Waals surface area contributed by atoms with Crippen molar-refractivity contribution in [2.45, 2.75) is 75.6 Å². The fourth-order valence-corrected chi connectivity index (χ4v) is 5.58. The summed E-state index contributed by atoms with van der Waals surface area (Å²) in [5.41, 5.74) is 1.79. The number of hydrogen-bond donors (Lipinski definition) is 3. The zero-order chi connectivity index (χ0) is 23.5. The van der Waals surface area contributed by atoms with Crippen LogP contribution in [0.1, 0.15) is 62.8 Å². The number of fused-ring (bicyclic) bond motifs is 3. The second-order valence-electron chi connectivity index (χ2n) is 10.3. The largest absolute Gasteiger partial charge is 0.487 e. The minimum Gasteiger partial charge on any atom is -0.487 e. The molecule has 3 heterocycles. The minimum atomic E-state index is -0.481. The fraction of sp³-hybridized carbons (Fsp3) is 0.692. The number of ether oxygens (including phenoxy) is 2. The Kier molecular flexibility index (Phi) is 7.37. The average Bonchev–Trinajstić information content (AvgIpc) is 3.57. The van der Waals surface area contributed by atoms with Crippen LogP contribution in [0.15, 0.2) is 18.2 Å². The number of benzene rings is 1. The molecule has 4 atom stereocenters. The molecular weight excluding hydrogens is 434 g/mol. The van der Waals surface area contributed by atoms with Gasteiger partial charge >= 0.3 is 0 Å². The van der Waals surface area contributed by atoms with E-state index in [9.17, 15) is 14.7 Å². The van der Waals surface area contributed by atoms with Crippen LogP contribution in [-0.2, 0) is 14.3 Å². The second kappa shape index (κ2) is 10.6. The molecule has 8 heteroatoms. The van der Waals surface area contributed by atoms with Crippen molar-refractivity contribution in [3.63, 3.8) is 0 Å². The van der Waals surface area contributed by atoms with E-state index < -0.39 is 6.10 Å². The van der Waals surface area contributed by atoms with Gasteiger partial charge in [0.2, 0.25) is 11.8 Å². The highest BCUT2D eigenvalue weighted by atomic mass is 16.6. The van der Waals surface area contributed by atoms with Gasteiger partial charge in [0.15, 0.2) is 0 Å². The van der Waals surface area contributed by atoms with E-state index in [1.54, 1.807) is 0 Å². The van der Waals surface area contributed by atoms with Gasteiger partial charge in [0, 0.05) is 36.7 Å². The van der Waals surface area contributed by atoms with Crippen molar-refractivity contribution in [2.24, 2.45) is 5.92 Å². The van der Waals surface area contributed by atoms with Crippen molar-refractivity contribution in [2.75, 3.05) is 38.1 Å². The molecule has 1 aliphatic carbocycles. The molecule has 5 rings (SSSR count). The highest BCUT2D eigenvalue weighted by Crippen LogP contribution is 2.47. The molecule has 3 fully saturated rings. The van der Waals surface area contributed by atoms with Crippen LogP contribution >= 0.6 is 0 Å². The van der Waals surface area contributed by atoms with Gasteiger partial charge in [-0.1, -0.05) is 6.42 Å². The number of aliphatic hydroxyl groups excluding tert-OH is 1. The molecule has 34 heavy (non-hydrogen) atoms. The predicted molar refractivity (Wildman–Crippen MR) is 128 cm³/mol. The van der Waals surface area contributed by atoms with Crippen LogP contribution in [-0.4, -0.2) is 72.9 Å². The van der Waals surface area contributed by atoms with Gasteiger partial charge in [-0.05, 0) is 69.3 Å². The lowest BCUT2D eigenvalue weighted by atomic mass is 9.84. The summed E-state index contributed by atoms with van der Waals surface area (Å²) in [5.74, 6) is 1.36. The first-order chi connectivity index (χ1) is 16.6. The first kappa shape index (κ1) is 23.6. The van der Waals surface area contributed by atoms with E-state index in [-0.39, 0.29) is 43.0 Å².